The SMILES string of the molecule is CCC(N)c1ccc([AsH](=O)O)cc1. The molecule has 3 N–H and O–H groups in total. The van der Waals surface area contributed by atoms with E-state index in [1.165, 1.54) is 0 Å². The van der Waals surface area contributed by atoms with Crippen LogP contribution in [-0.2, 0) is 3.74 Å². The zero-order chi connectivity index (χ0) is 9.84. The maximum absolute atomic E-state index is 10.8. The average molecular weight is 243 g/mol. The average Bonchev–Trinajstić information content (AvgIpc) is 2.17. The zero-order valence-electron chi connectivity index (χ0n) is 7.53. The monoisotopic (exact) mass is 243 g/mol. The van der Waals surface area contributed by atoms with E-state index >= 15 is 0 Å². The molecule has 72 valence electrons. The summed E-state index contributed by atoms with van der Waals surface area (Å²) in [4.78, 5) is 0. The van der Waals surface area contributed by atoms with E-state index in [1.807, 2.05) is 19.1 Å². The van der Waals surface area contributed by atoms with Crippen molar-refractivity contribution in [2.75, 3.05) is 0 Å². The minimum atomic E-state index is -3.13. The van der Waals surface area contributed by atoms with Crippen LogP contribution >= 0.6 is 0 Å². The second-order valence-electron chi connectivity index (χ2n) is 2.94. The van der Waals surface area contributed by atoms with Crippen LogP contribution in [0.5, 0.6) is 0 Å². The van der Waals surface area contributed by atoms with Gasteiger partial charge in [0.1, 0.15) is 0 Å². The van der Waals surface area contributed by atoms with Gasteiger partial charge in [0.05, 0.1) is 0 Å². The first-order chi connectivity index (χ1) is 6.15. The van der Waals surface area contributed by atoms with Crippen molar-refractivity contribution in [1.82, 2.24) is 0 Å². The summed E-state index contributed by atoms with van der Waals surface area (Å²) < 4.78 is 20.2. The van der Waals surface area contributed by atoms with E-state index in [0.717, 1.165) is 12.0 Å². The molecule has 0 radical (unpaired) electrons. The molecule has 1 aromatic rings. The molecule has 0 aromatic heterocycles. The van der Waals surface area contributed by atoms with Gasteiger partial charge in [0.2, 0.25) is 0 Å². The molecule has 0 heterocycles. The number of rotatable bonds is 3. The molecule has 0 fully saturated rings. The molecule has 3 nitrogen and oxygen atoms in total. The Hall–Kier alpha value is -0.502. The van der Waals surface area contributed by atoms with E-state index in [9.17, 15) is 3.74 Å². The molecule has 0 saturated carbocycles. The topological polar surface area (TPSA) is 63.3 Å². The Kier molecular flexibility index (Phi) is 3.79. The van der Waals surface area contributed by atoms with E-state index in [0.29, 0.717) is 4.35 Å². The van der Waals surface area contributed by atoms with Gasteiger partial charge in [0.25, 0.3) is 0 Å². The molecule has 0 bridgehead atoms. The van der Waals surface area contributed by atoms with Crippen molar-refractivity contribution in [3.8, 4) is 0 Å². The number of benzene rings is 1. The molecule has 1 rings (SSSR count). The standard InChI is InChI=1S/C9H14AsNO2/c1-2-9(11)7-3-5-8(6-4-7)10(12)13/h3-6,9-10H,2,11H2,1H3,(H,12,13). The van der Waals surface area contributed by atoms with Gasteiger partial charge in [-0.05, 0) is 0 Å². The summed E-state index contributed by atoms with van der Waals surface area (Å²) in [6.45, 7) is 2.01. The maximum atomic E-state index is 10.8. The molecule has 0 saturated heterocycles. The van der Waals surface area contributed by atoms with Gasteiger partial charge in [-0.2, -0.15) is 0 Å². The molecular formula is C9H14AsNO2. The Morgan fingerprint density at radius 3 is 2.38 bits per heavy atom. The molecule has 2 atom stereocenters. The van der Waals surface area contributed by atoms with Crippen LogP contribution in [0.25, 0.3) is 0 Å². The first-order valence-electron chi connectivity index (χ1n) is 4.24. The normalized spacial score (nSPS) is 15.3. The Morgan fingerprint density at radius 2 is 2.00 bits per heavy atom. The van der Waals surface area contributed by atoms with Crippen LogP contribution in [0.1, 0.15) is 24.9 Å². The third-order valence-electron chi connectivity index (χ3n) is 2.03. The summed E-state index contributed by atoms with van der Waals surface area (Å²) in [5, 5.41) is 0. The fraction of sp³-hybridized carbons (Fsp3) is 0.333. The quantitative estimate of drug-likeness (QED) is 0.731. The minimum absolute atomic E-state index is 0.0304. The molecule has 1 aromatic carbocycles. The Morgan fingerprint density at radius 1 is 1.46 bits per heavy atom. The first kappa shape index (κ1) is 10.6. The van der Waals surface area contributed by atoms with Gasteiger partial charge in [0, 0.05) is 0 Å². The third kappa shape index (κ3) is 2.73. The van der Waals surface area contributed by atoms with Gasteiger partial charge in [-0.15, -0.1) is 0 Å². The van der Waals surface area contributed by atoms with Crippen LogP contribution in [0.3, 0.4) is 0 Å². The molecule has 0 spiro atoms. The summed E-state index contributed by atoms with van der Waals surface area (Å²) in [5.41, 5.74) is 6.81. The van der Waals surface area contributed by atoms with Gasteiger partial charge in [-0.3, -0.25) is 0 Å². The number of hydrogen-bond donors (Lipinski definition) is 2. The van der Waals surface area contributed by atoms with Crippen LogP contribution in [0.2, 0.25) is 0 Å². The summed E-state index contributed by atoms with van der Waals surface area (Å²) in [7, 11) is 0. The Balaban J connectivity index is 2.87. The Labute approximate surface area is 82.4 Å². The summed E-state index contributed by atoms with van der Waals surface area (Å²) in [5.74, 6) is 0. The summed E-state index contributed by atoms with van der Waals surface area (Å²) in [6, 6.07) is 7.05. The second-order valence-corrected chi connectivity index (χ2v) is 5.43. The number of hydrogen-bond acceptors (Lipinski definition) is 2. The van der Waals surface area contributed by atoms with Gasteiger partial charge >= 0.3 is 82.1 Å². The van der Waals surface area contributed by atoms with Gasteiger partial charge in [-0.1, -0.05) is 0 Å². The Bertz CT molecular complexity index is 297. The van der Waals surface area contributed by atoms with Crippen molar-refractivity contribution >= 4 is 19.3 Å². The van der Waals surface area contributed by atoms with Gasteiger partial charge in [0.15, 0.2) is 0 Å². The van der Waals surface area contributed by atoms with Crippen molar-refractivity contribution in [2.24, 2.45) is 5.73 Å². The molecule has 4 heteroatoms. The molecule has 0 amide bonds. The van der Waals surface area contributed by atoms with Crippen molar-refractivity contribution < 1.29 is 7.84 Å². The van der Waals surface area contributed by atoms with Gasteiger partial charge in [-0.25, -0.2) is 0 Å². The molecule has 13 heavy (non-hydrogen) atoms. The van der Waals surface area contributed by atoms with Crippen LogP contribution < -0.4 is 10.1 Å². The second kappa shape index (κ2) is 4.66. The van der Waals surface area contributed by atoms with E-state index in [-0.39, 0.29) is 6.04 Å². The zero-order valence-corrected chi connectivity index (χ0v) is 9.62. The predicted octanol–water partition coefficient (Wildman–Crippen LogP) is -0.0533. The summed E-state index contributed by atoms with van der Waals surface area (Å²) in [6.07, 6.45) is 0.874. The summed E-state index contributed by atoms with van der Waals surface area (Å²) >= 11 is -3.13. The fourth-order valence-electron chi connectivity index (χ4n) is 1.11. The van der Waals surface area contributed by atoms with E-state index in [2.05, 4.69) is 0 Å². The van der Waals surface area contributed by atoms with Crippen LogP contribution in [-0.4, -0.2) is 19.0 Å². The number of nitrogens with two attached hydrogens (primary N) is 1. The first-order valence-corrected chi connectivity index (χ1v) is 7.08. The van der Waals surface area contributed by atoms with Crippen molar-refractivity contribution in [1.29, 1.82) is 0 Å². The van der Waals surface area contributed by atoms with Crippen LogP contribution in [0.15, 0.2) is 24.3 Å². The van der Waals surface area contributed by atoms with Crippen LogP contribution in [0, 0.1) is 0 Å². The molecule has 0 aliphatic heterocycles. The fourth-order valence-corrected chi connectivity index (χ4v) is 2.06. The van der Waals surface area contributed by atoms with E-state index in [4.69, 9.17) is 9.83 Å². The van der Waals surface area contributed by atoms with E-state index in [1.54, 1.807) is 12.1 Å². The van der Waals surface area contributed by atoms with Gasteiger partial charge < -0.3 is 0 Å². The predicted molar refractivity (Wildman–Crippen MR) is 53.3 cm³/mol. The molecule has 2 unspecified atom stereocenters. The van der Waals surface area contributed by atoms with Crippen molar-refractivity contribution in [3.63, 3.8) is 0 Å². The molecular weight excluding hydrogens is 229 g/mol. The van der Waals surface area contributed by atoms with Crippen molar-refractivity contribution in [3.05, 3.63) is 29.8 Å². The van der Waals surface area contributed by atoms with Crippen LogP contribution in [0.4, 0.5) is 0 Å². The molecule has 0 aliphatic rings. The van der Waals surface area contributed by atoms with Crippen molar-refractivity contribution in [2.45, 2.75) is 19.4 Å². The molecule has 0 aliphatic carbocycles. The van der Waals surface area contributed by atoms with E-state index < -0.39 is 14.9 Å². The third-order valence-corrected chi connectivity index (χ3v) is 3.76.